The van der Waals surface area contributed by atoms with Gasteiger partial charge in [0.15, 0.2) is 11.6 Å². The second-order valence-electron chi connectivity index (χ2n) is 4.34. The highest BCUT2D eigenvalue weighted by atomic mass is 32.2. The van der Waals surface area contributed by atoms with Crippen molar-refractivity contribution in [2.45, 2.75) is 25.2 Å². The molecule has 0 fully saturated rings. The van der Waals surface area contributed by atoms with Gasteiger partial charge in [-0.05, 0) is 19.4 Å². The van der Waals surface area contributed by atoms with Gasteiger partial charge >= 0.3 is 5.97 Å². The van der Waals surface area contributed by atoms with Crippen LogP contribution in [0.15, 0.2) is 17.0 Å². The Labute approximate surface area is 126 Å². The number of nitrogens with zero attached hydrogens (tertiary/aromatic N) is 1. The highest BCUT2D eigenvalue weighted by Gasteiger charge is 2.30. The van der Waals surface area contributed by atoms with E-state index < -0.39 is 44.9 Å². The van der Waals surface area contributed by atoms with Crippen molar-refractivity contribution in [3.05, 3.63) is 29.6 Å². The standard InChI is InChI=1S/C13H16F3NO4S/c1-3-5-17(8-13(18)21-4-2)22(19,20)12-7-10(15)9(14)6-11(12)16/h6-7H,3-5,8H2,1-2H3. The number of halogens is 3. The summed E-state index contributed by atoms with van der Waals surface area (Å²) in [6.45, 7) is 2.52. The molecule has 1 rings (SSSR count). The molecule has 0 atom stereocenters. The molecule has 0 bridgehead atoms. The van der Waals surface area contributed by atoms with Crippen LogP contribution < -0.4 is 0 Å². The molecule has 0 heterocycles. The maximum Gasteiger partial charge on any atom is 0.321 e. The Morgan fingerprint density at radius 1 is 1.14 bits per heavy atom. The third-order valence-electron chi connectivity index (χ3n) is 2.68. The van der Waals surface area contributed by atoms with Crippen LogP contribution >= 0.6 is 0 Å². The minimum absolute atomic E-state index is 0.0540. The number of rotatable bonds is 7. The van der Waals surface area contributed by atoms with E-state index >= 15 is 0 Å². The Morgan fingerprint density at radius 3 is 2.27 bits per heavy atom. The summed E-state index contributed by atoms with van der Waals surface area (Å²) in [6, 6.07) is 0.407. The van der Waals surface area contributed by atoms with Gasteiger partial charge in [-0.15, -0.1) is 0 Å². The van der Waals surface area contributed by atoms with Crippen molar-refractivity contribution >= 4 is 16.0 Å². The first kappa shape index (κ1) is 18.4. The van der Waals surface area contributed by atoms with Crippen molar-refractivity contribution in [2.24, 2.45) is 0 Å². The summed E-state index contributed by atoms with van der Waals surface area (Å²) >= 11 is 0. The predicted octanol–water partition coefficient (Wildman–Crippen LogP) is 2.07. The van der Waals surface area contributed by atoms with Gasteiger partial charge in [0.1, 0.15) is 17.3 Å². The minimum atomic E-state index is -4.50. The zero-order chi connectivity index (χ0) is 16.9. The van der Waals surface area contributed by atoms with E-state index in [1.54, 1.807) is 13.8 Å². The molecular weight excluding hydrogens is 323 g/mol. The topological polar surface area (TPSA) is 63.7 Å². The molecule has 0 saturated heterocycles. The van der Waals surface area contributed by atoms with Crippen molar-refractivity contribution in [3.8, 4) is 0 Å². The maximum absolute atomic E-state index is 13.7. The number of hydrogen-bond acceptors (Lipinski definition) is 4. The Hall–Kier alpha value is -1.61. The molecule has 0 N–H and O–H groups in total. The van der Waals surface area contributed by atoms with Crippen LogP contribution in [0.5, 0.6) is 0 Å². The van der Waals surface area contributed by atoms with Gasteiger partial charge < -0.3 is 4.74 Å². The molecular formula is C13H16F3NO4S. The number of esters is 1. The zero-order valence-electron chi connectivity index (χ0n) is 12.1. The molecule has 0 spiro atoms. The molecule has 22 heavy (non-hydrogen) atoms. The van der Waals surface area contributed by atoms with E-state index in [0.717, 1.165) is 0 Å². The van der Waals surface area contributed by atoms with Gasteiger partial charge in [0.05, 0.1) is 6.61 Å². The van der Waals surface area contributed by atoms with Crippen LogP contribution in [-0.2, 0) is 19.6 Å². The fourth-order valence-electron chi connectivity index (χ4n) is 1.73. The van der Waals surface area contributed by atoms with Gasteiger partial charge in [-0.3, -0.25) is 4.79 Å². The van der Waals surface area contributed by atoms with Crippen molar-refractivity contribution in [2.75, 3.05) is 19.7 Å². The van der Waals surface area contributed by atoms with E-state index in [2.05, 4.69) is 4.74 Å². The minimum Gasteiger partial charge on any atom is -0.465 e. The average Bonchev–Trinajstić information content (AvgIpc) is 2.42. The molecule has 5 nitrogen and oxygen atoms in total. The normalized spacial score (nSPS) is 11.7. The summed E-state index contributed by atoms with van der Waals surface area (Å²) in [6.07, 6.45) is 0.337. The smallest absolute Gasteiger partial charge is 0.321 e. The van der Waals surface area contributed by atoms with Gasteiger partial charge in [-0.2, -0.15) is 4.31 Å². The molecule has 0 radical (unpaired) electrons. The van der Waals surface area contributed by atoms with Crippen LogP contribution in [0, 0.1) is 17.5 Å². The molecule has 0 aliphatic carbocycles. The van der Waals surface area contributed by atoms with Gasteiger partial charge in [0, 0.05) is 12.6 Å². The number of benzene rings is 1. The largest absolute Gasteiger partial charge is 0.465 e. The first-order chi connectivity index (χ1) is 10.2. The number of carbonyl (C=O) groups is 1. The third kappa shape index (κ3) is 4.20. The quantitative estimate of drug-likeness (QED) is 0.563. The summed E-state index contributed by atoms with van der Waals surface area (Å²) < 4.78 is 69.8. The number of sulfonamides is 1. The lowest BCUT2D eigenvalue weighted by Gasteiger charge is -2.21. The third-order valence-corrected chi connectivity index (χ3v) is 4.54. The van der Waals surface area contributed by atoms with Crippen molar-refractivity contribution < 1.29 is 31.1 Å². The molecule has 1 aromatic rings. The van der Waals surface area contributed by atoms with Crippen LogP contribution in [0.4, 0.5) is 13.2 Å². The summed E-state index contributed by atoms with van der Waals surface area (Å²) in [5.74, 6) is -5.23. The van der Waals surface area contributed by atoms with Gasteiger partial charge in [0.2, 0.25) is 10.0 Å². The van der Waals surface area contributed by atoms with Gasteiger partial charge in [-0.25, -0.2) is 21.6 Å². The van der Waals surface area contributed by atoms with Crippen LogP contribution in [0.3, 0.4) is 0 Å². The predicted molar refractivity (Wildman–Crippen MR) is 72.0 cm³/mol. The summed E-state index contributed by atoms with van der Waals surface area (Å²) in [7, 11) is -4.50. The second-order valence-corrected chi connectivity index (χ2v) is 6.25. The molecule has 0 aromatic heterocycles. The Balaban J connectivity index is 3.22. The first-order valence-corrected chi connectivity index (χ1v) is 7.98. The second kappa shape index (κ2) is 7.59. The molecule has 0 aliphatic heterocycles. The lowest BCUT2D eigenvalue weighted by atomic mass is 10.3. The van der Waals surface area contributed by atoms with Crippen LogP contribution in [0.25, 0.3) is 0 Å². The highest BCUT2D eigenvalue weighted by molar-refractivity contribution is 7.89. The molecule has 9 heteroatoms. The number of ether oxygens (including phenoxy) is 1. The van der Waals surface area contributed by atoms with Crippen LogP contribution in [0.1, 0.15) is 20.3 Å². The lowest BCUT2D eigenvalue weighted by molar-refractivity contribution is -0.143. The maximum atomic E-state index is 13.7. The average molecular weight is 339 g/mol. The van der Waals surface area contributed by atoms with E-state index in [9.17, 15) is 26.4 Å². The number of carbonyl (C=O) groups excluding carboxylic acids is 1. The molecule has 0 aliphatic rings. The lowest BCUT2D eigenvalue weighted by Crippen LogP contribution is -2.37. The van der Waals surface area contributed by atoms with E-state index in [1.807, 2.05) is 0 Å². The van der Waals surface area contributed by atoms with Crippen molar-refractivity contribution in [1.82, 2.24) is 4.31 Å². The monoisotopic (exact) mass is 339 g/mol. The summed E-state index contributed by atoms with van der Waals surface area (Å²) in [4.78, 5) is 10.4. The van der Waals surface area contributed by atoms with E-state index in [0.29, 0.717) is 10.7 Å². The molecule has 0 unspecified atom stereocenters. The van der Waals surface area contributed by atoms with Crippen LogP contribution in [-0.4, -0.2) is 38.4 Å². The summed E-state index contributed by atoms with van der Waals surface area (Å²) in [5, 5.41) is 0. The molecule has 1 aromatic carbocycles. The molecule has 0 saturated carbocycles. The fourth-order valence-corrected chi connectivity index (χ4v) is 3.26. The first-order valence-electron chi connectivity index (χ1n) is 6.54. The Bertz CT molecular complexity index is 649. The summed E-state index contributed by atoms with van der Waals surface area (Å²) in [5.41, 5.74) is 0. The van der Waals surface area contributed by atoms with E-state index in [1.165, 1.54) is 0 Å². The fraction of sp³-hybridized carbons (Fsp3) is 0.462. The Kier molecular flexibility index (Phi) is 6.36. The van der Waals surface area contributed by atoms with Crippen LogP contribution in [0.2, 0.25) is 0 Å². The Morgan fingerprint density at radius 2 is 1.73 bits per heavy atom. The van der Waals surface area contributed by atoms with Crippen molar-refractivity contribution in [3.63, 3.8) is 0 Å². The van der Waals surface area contributed by atoms with E-state index in [-0.39, 0.29) is 25.3 Å². The highest BCUT2D eigenvalue weighted by Crippen LogP contribution is 2.22. The zero-order valence-corrected chi connectivity index (χ0v) is 12.9. The molecule has 0 amide bonds. The molecule has 124 valence electrons. The SMILES string of the molecule is CCCN(CC(=O)OCC)S(=O)(=O)c1cc(F)c(F)cc1F. The van der Waals surface area contributed by atoms with Gasteiger partial charge in [0.25, 0.3) is 0 Å². The van der Waals surface area contributed by atoms with Crippen molar-refractivity contribution in [1.29, 1.82) is 0 Å². The number of hydrogen-bond donors (Lipinski definition) is 0. The van der Waals surface area contributed by atoms with E-state index in [4.69, 9.17) is 0 Å². The van der Waals surface area contributed by atoms with Gasteiger partial charge in [-0.1, -0.05) is 6.92 Å².